The lowest BCUT2D eigenvalue weighted by atomic mass is 9.94. The van der Waals surface area contributed by atoms with E-state index in [-0.39, 0.29) is 29.9 Å². The van der Waals surface area contributed by atoms with Crippen LogP contribution in [0.1, 0.15) is 25.5 Å². The molecule has 1 amide bonds. The van der Waals surface area contributed by atoms with Crippen molar-refractivity contribution < 1.29 is 19.1 Å². The van der Waals surface area contributed by atoms with Crippen LogP contribution >= 0.6 is 35.0 Å². The van der Waals surface area contributed by atoms with Gasteiger partial charge in [0.25, 0.3) is 0 Å². The number of halogens is 2. The highest BCUT2D eigenvalue weighted by Crippen LogP contribution is 2.45. The molecule has 1 aromatic carbocycles. The molecule has 3 rings (SSSR count). The van der Waals surface area contributed by atoms with E-state index in [4.69, 9.17) is 32.7 Å². The number of hydrogen-bond acceptors (Lipinski definition) is 6. The predicted octanol–water partition coefficient (Wildman–Crippen LogP) is 3.83. The zero-order valence-electron chi connectivity index (χ0n) is 15.0. The molecule has 0 saturated carbocycles. The molecule has 1 saturated heterocycles. The quantitative estimate of drug-likeness (QED) is 0.526. The number of carbonyl (C=O) groups excluding carboxylic acids is 2. The lowest BCUT2D eigenvalue weighted by molar-refractivity contribution is -0.141. The molecule has 144 valence electrons. The molecule has 0 aliphatic carbocycles. The summed E-state index contributed by atoms with van der Waals surface area (Å²) >= 11 is 13.8. The fourth-order valence-corrected chi connectivity index (χ4v) is 4.52. The maximum Gasteiger partial charge on any atom is 0.338 e. The summed E-state index contributed by atoms with van der Waals surface area (Å²) in [6.45, 7) is 3.90. The molecule has 9 heteroatoms. The first-order valence-electron chi connectivity index (χ1n) is 8.25. The Hall–Kier alpha value is -1.54. The Bertz CT molecular complexity index is 856. The summed E-state index contributed by atoms with van der Waals surface area (Å²) in [6, 6.07) is 4.26. The maximum atomic E-state index is 12.8. The van der Waals surface area contributed by atoms with Gasteiger partial charge in [-0.2, -0.15) is 0 Å². The highest BCUT2D eigenvalue weighted by Gasteiger charge is 2.46. The van der Waals surface area contributed by atoms with Crippen molar-refractivity contribution in [1.82, 2.24) is 4.90 Å². The van der Waals surface area contributed by atoms with Gasteiger partial charge in [0, 0.05) is 17.2 Å². The summed E-state index contributed by atoms with van der Waals surface area (Å²) < 4.78 is 10.2. The Morgan fingerprint density at radius 2 is 2.07 bits per heavy atom. The number of allylic oxidation sites excluding steroid dienone is 1. The van der Waals surface area contributed by atoms with Crippen molar-refractivity contribution in [2.24, 2.45) is 4.99 Å². The molecule has 0 spiro atoms. The van der Waals surface area contributed by atoms with Gasteiger partial charge in [-0.3, -0.25) is 9.69 Å². The maximum absolute atomic E-state index is 12.8. The Morgan fingerprint density at radius 3 is 2.74 bits per heavy atom. The fourth-order valence-electron chi connectivity index (χ4n) is 2.98. The molecule has 0 radical (unpaired) electrons. The van der Waals surface area contributed by atoms with Crippen molar-refractivity contribution in [2.75, 3.05) is 20.3 Å². The van der Waals surface area contributed by atoms with E-state index in [0.29, 0.717) is 26.5 Å². The lowest BCUT2D eigenvalue weighted by Gasteiger charge is -2.33. The van der Waals surface area contributed by atoms with Crippen LogP contribution in [0.2, 0.25) is 10.0 Å². The molecule has 6 nitrogen and oxygen atoms in total. The predicted molar refractivity (Wildman–Crippen MR) is 106 cm³/mol. The fraction of sp³-hybridized carbons (Fsp3) is 0.389. The number of amides is 1. The molecular formula is C18H18Cl2N2O4S. The number of nitrogens with zero attached hydrogens (tertiary/aromatic N) is 2. The van der Waals surface area contributed by atoms with E-state index in [2.05, 4.69) is 4.99 Å². The van der Waals surface area contributed by atoms with E-state index in [0.717, 1.165) is 0 Å². The molecule has 0 unspecified atom stereocenters. The molecule has 27 heavy (non-hydrogen) atoms. The average Bonchev–Trinajstić information content (AvgIpc) is 2.88. The first kappa shape index (κ1) is 20.2. The number of amidine groups is 1. The summed E-state index contributed by atoms with van der Waals surface area (Å²) in [6.07, 6.45) is 0. The van der Waals surface area contributed by atoms with Crippen molar-refractivity contribution in [2.45, 2.75) is 25.1 Å². The standard InChI is InChI=1S/C18H18Cl2N2O4S/c1-9-14(17(24)26-7-6-25-3)15(12-5-4-11(19)8-13(12)20)22-16(23)10(2)27-18(22)21-9/h4-5,8,10,15H,6-7H2,1-3H3/t10-,15-/m1/s1. The molecule has 0 bridgehead atoms. The van der Waals surface area contributed by atoms with Gasteiger partial charge in [-0.1, -0.05) is 41.0 Å². The van der Waals surface area contributed by atoms with Crippen molar-refractivity contribution in [1.29, 1.82) is 0 Å². The second-order valence-electron chi connectivity index (χ2n) is 6.06. The summed E-state index contributed by atoms with van der Waals surface area (Å²) in [5.41, 5.74) is 1.37. The van der Waals surface area contributed by atoms with Crippen LogP contribution in [-0.2, 0) is 19.1 Å². The Labute approximate surface area is 171 Å². The minimum absolute atomic E-state index is 0.100. The molecular weight excluding hydrogens is 411 g/mol. The number of hydrogen-bond donors (Lipinski definition) is 0. The summed E-state index contributed by atoms with van der Waals surface area (Å²) in [7, 11) is 1.52. The first-order valence-corrected chi connectivity index (χ1v) is 9.89. The molecule has 2 atom stereocenters. The number of carbonyl (C=O) groups is 2. The largest absolute Gasteiger partial charge is 0.460 e. The SMILES string of the molecule is COCCOC(=O)C1=C(C)N=C2S[C@H](C)C(=O)N2[C@@H]1c1ccc(Cl)cc1Cl. The molecule has 0 aromatic heterocycles. The molecule has 2 aliphatic rings. The normalized spacial score (nSPS) is 22.0. The smallest absolute Gasteiger partial charge is 0.338 e. The van der Waals surface area contributed by atoms with Crippen LogP contribution in [0.25, 0.3) is 0 Å². The first-order chi connectivity index (χ1) is 12.8. The average molecular weight is 429 g/mol. The summed E-state index contributed by atoms with van der Waals surface area (Å²) in [5, 5.41) is 1.08. The van der Waals surface area contributed by atoms with Crippen LogP contribution in [0, 0.1) is 0 Å². The number of aliphatic imine (C=N–C) groups is 1. The van der Waals surface area contributed by atoms with Gasteiger partial charge in [0.2, 0.25) is 5.91 Å². The van der Waals surface area contributed by atoms with Crippen LogP contribution in [0.4, 0.5) is 0 Å². The van der Waals surface area contributed by atoms with Crippen LogP contribution in [0.5, 0.6) is 0 Å². The van der Waals surface area contributed by atoms with Gasteiger partial charge in [-0.25, -0.2) is 9.79 Å². The van der Waals surface area contributed by atoms with E-state index in [9.17, 15) is 9.59 Å². The minimum Gasteiger partial charge on any atom is -0.460 e. The van der Waals surface area contributed by atoms with Gasteiger partial charge in [0.1, 0.15) is 6.61 Å². The molecule has 1 fully saturated rings. The van der Waals surface area contributed by atoms with Crippen LogP contribution in [0.15, 0.2) is 34.5 Å². The van der Waals surface area contributed by atoms with Gasteiger partial charge in [0.15, 0.2) is 5.17 Å². The Balaban J connectivity index is 2.09. The highest BCUT2D eigenvalue weighted by molar-refractivity contribution is 8.15. The van der Waals surface area contributed by atoms with Crippen molar-refractivity contribution in [3.05, 3.63) is 45.1 Å². The zero-order valence-corrected chi connectivity index (χ0v) is 17.3. The van der Waals surface area contributed by atoms with Crippen LogP contribution < -0.4 is 0 Å². The Kier molecular flexibility index (Phi) is 6.15. The van der Waals surface area contributed by atoms with E-state index in [1.165, 1.54) is 23.8 Å². The number of methoxy groups -OCH3 is 1. The van der Waals surface area contributed by atoms with Gasteiger partial charge in [-0.15, -0.1) is 0 Å². The number of ether oxygens (including phenoxy) is 2. The molecule has 0 N–H and O–H groups in total. The van der Waals surface area contributed by atoms with Crippen molar-refractivity contribution >= 4 is 52.0 Å². The van der Waals surface area contributed by atoms with E-state index >= 15 is 0 Å². The van der Waals surface area contributed by atoms with E-state index < -0.39 is 12.0 Å². The number of esters is 1. The van der Waals surface area contributed by atoms with Gasteiger partial charge in [-0.05, 0) is 31.5 Å². The van der Waals surface area contributed by atoms with E-state index in [1.807, 2.05) is 0 Å². The highest BCUT2D eigenvalue weighted by atomic mass is 35.5. The summed E-state index contributed by atoms with van der Waals surface area (Å²) in [5.74, 6) is -0.690. The third-order valence-corrected chi connectivity index (χ3v) is 5.87. The number of fused-ring (bicyclic) bond motifs is 1. The lowest BCUT2D eigenvalue weighted by Crippen LogP contribution is -2.40. The van der Waals surface area contributed by atoms with Crippen molar-refractivity contribution in [3.8, 4) is 0 Å². The number of rotatable bonds is 5. The van der Waals surface area contributed by atoms with Gasteiger partial charge in [0.05, 0.1) is 29.2 Å². The third kappa shape index (κ3) is 3.87. The molecule has 2 heterocycles. The van der Waals surface area contributed by atoms with E-state index in [1.54, 1.807) is 32.0 Å². The molecule has 2 aliphatic heterocycles. The van der Waals surface area contributed by atoms with Crippen LogP contribution in [-0.4, -0.2) is 47.5 Å². The van der Waals surface area contributed by atoms with Gasteiger partial charge >= 0.3 is 5.97 Å². The minimum atomic E-state index is -0.720. The topological polar surface area (TPSA) is 68.2 Å². The number of benzene rings is 1. The number of thioether (sulfide) groups is 1. The summed E-state index contributed by atoms with van der Waals surface area (Å²) in [4.78, 5) is 31.6. The Morgan fingerprint density at radius 1 is 1.33 bits per heavy atom. The monoisotopic (exact) mass is 428 g/mol. The zero-order chi connectivity index (χ0) is 19.7. The third-order valence-electron chi connectivity index (χ3n) is 4.26. The molecule has 1 aromatic rings. The van der Waals surface area contributed by atoms with Crippen LogP contribution in [0.3, 0.4) is 0 Å². The van der Waals surface area contributed by atoms with Crippen molar-refractivity contribution in [3.63, 3.8) is 0 Å². The van der Waals surface area contributed by atoms with Gasteiger partial charge < -0.3 is 9.47 Å². The second kappa shape index (κ2) is 8.22. The second-order valence-corrected chi connectivity index (χ2v) is 8.21.